The third-order valence-corrected chi connectivity index (χ3v) is 7.09. The quantitative estimate of drug-likeness (QED) is 0.680. The van der Waals surface area contributed by atoms with Crippen LogP contribution >= 0.6 is 0 Å². The molecule has 170 valence electrons. The monoisotopic (exact) mass is 427 g/mol. The molecule has 0 radical (unpaired) electrons. The van der Waals surface area contributed by atoms with Crippen LogP contribution < -0.4 is 15.3 Å². The lowest BCUT2D eigenvalue weighted by molar-refractivity contribution is 0.191. The van der Waals surface area contributed by atoms with Crippen LogP contribution in [0.1, 0.15) is 44.9 Å². The summed E-state index contributed by atoms with van der Waals surface area (Å²) in [7, 11) is 3.51. The SMILES string of the molecule is COc1ccccc1N1CCN(C(C)Cc2nn(C)c(=O)n2CC2CCCCC2)CC1. The van der Waals surface area contributed by atoms with Crippen molar-refractivity contribution in [1.29, 1.82) is 0 Å². The van der Waals surface area contributed by atoms with E-state index in [9.17, 15) is 4.79 Å². The summed E-state index contributed by atoms with van der Waals surface area (Å²) in [5.41, 5.74) is 1.21. The second-order valence-electron chi connectivity index (χ2n) is 9.19. The fourth-order valence-corrected chi connectivity index (χ4v) is 5.21. The molecule has 1 aliphatic heterocycles. The standard InChI is InChI=1S/C24H37N5O2/c1-19(27-13-15-28(16-14-27)21-11-7-8-12-22(21)31-3)17-23-25-26(2)24(30)29(23)18-20-9-5-4-6-10-20/h7-8,11-12,19-20H,4-6,9-10,13-18H2,1-3H3. The molecule has 1 atom stereocenters. The van der Waals surface area contributed by atoms with E-state index in [0.29, 0.717) is 12.0 Å². The Hall–Kier alpha value is -2.28. The van der Waals surface area contributed by atoms with Gasteiger partial charge in [-0.1, -0.05) is 31.4 Å². The summed E-state index contributed by atoms with van der Waals surface area (Å²) in [6.07, 6.45) is 7.22. The molecule has 31 heavy (non-hydrogen) atoms. The first-order valence-electron chi connectivity index (χ1n) is 11.8. The molecule has 2 heterocycles. The van der Waals surface area contributed by atoms with Gasteiger partial charge in [0.1, 0.15) is 11.6 Å². The highest BCUT2D eigenvalue weighted by Gasteiger charge is 2.25. The van der Waals surface area contributed by atoms with E-state index in [4.69, 9.17) is 4.74 Å². The molecule has 1 aromatic heterocycles. The Morgan fingerprint density at radius 3 is 2.52 bits per heavy atom. The van der Waals surface area contributed by atoms with Crippen molar-refractivity contribution in [3.05, 3.63) is 40.6 Å². The molecule has 2 fully saturated rings. The van der Waals surface area contributed by atoms with Gasteiger partial charge < -0.3 is 9.64 Å². The van der Waals surface area contributed by atoms with Crippen molar-refractivity contribution in [1.82, 2.24) is 19.2 Å². The number of benzene rings is 1. The van der Waals surface area contributed by atoms with Crippen molar-refractivity contribution in [3.63, 3.8) is 0 Å². The molecule has 7 heteroatoms. The van der Waals surface area contributed by atoms with Crippen LogP contribution in [0.2, 0.25) is 0 Å². The molecule has 1 saturated heterocycles. The minimum absolute atomic E-state index is 0.0359. The molecule has 7 nitrogen and oxygen atoms in total. The smallest absolute Gasteiger partial charge is 0.345 e. The van der Waals surface area contributed by atoms with E-state index in [2.05, 4.69) is 34.0 Å². The zero-order valence-corrected chi connectivity index (χ0v) is 19.3. The normalized spacial score (nSPS) is 19.5. The topological polar surface area (TPSA) is 55.5 Å². The molecule has 0 N–H and O–H groups in total. The molecule has 4 rings (SSSR count). The van der Waals surface area contributed by atoms with Gasteiger partial charge in [0.15, 0.2) is 0 Å². The third kappa shape index (κ3) is 4.97. The zero-order chi connectivity index (χ0) is 21.8. The minimum atomic E-state index is 0.0359. The number of para-hydroxylation sites is 2. The van der Waals surface area contributed by atoms with E-state index >= 15 is 0 Å². The highest BCUT2D eigenvalue weighted by Crippen LogP contribution is 2.29. The Labute approximate surface area is 185 Å². The number of methoxy groups -OCH3 is 1. The van der Waals surface area contributed by atoms with Crippen LogP contribution in [0.15, 0.2) is 29.1 Å². The van der Waals surface area contributed by atoms with Gasteiger partial charge in [-0.05, 0) is 37.8 Å². The number of aromatic nitrogens is 3. The number of piperazine rings is 1. The summed E-state index contributed by atoms with van der Waals surface area (Å²) in [4.78, 5) is 17.6. The number of hydrogen-bond acceptors (Lipinski definition) is 5. The number of hydrogen-bond donors (Lipinski definition) is 0. The van der Waals surface area contributed by atoms with Gasteiger partial charge in [0.2, 0.25) is 0 Å². The summed E-state index contributed by atoms with van der Waals surface area (Å²) in [5.74, 6) is 2.50. The van der Waals surface area contributed by atoms with E-state index < -0.39 is 0 Å². The van der Waals surface area contributed by atoms with E-state index in [1.165, 1.54) is 42.5 Å². The third-order valence-electron chi connectivity index (χ3n) is 7.09. The summed E-state index contributed by atoms with van der Waals surface area (Å²) >= 11 is 0. The Morgan fingerprint density at radius 2 is 1.81 bits per heavy atom. The number of aryl methyl sites for hydroxylation is 1. The molecular formula is C24H37N5O2. The van der Waals surface area contributed by atoms with Crippen molar-refractivity contribution >= 4 is 5.69 Å². The zero-order valence-electron chi connectivity index (χ0n) is 19.3. The van der Waals surface area contributed by atoms with Gasteiger partial charge in [-0.15, -0.1) is 0 Å². The number of ether oxygens (including phenoxy) is 1. The van der Waals surface area contributed by atoms with Crippen LogP contribution in [-0.2, 0) is 20.0 Å². The van der Waals surface area contributed by atoms with Gasteiger partial charge in [0.05, 0.1) is 12.8 Å². The number of nitrogens with zero attached hydrogens (tertiary/aromatic N) is 5. The Balaban J connectivity index is 1.38. The van der Waals surface area contributed by atoms with Crippen LogP contribution in [0.25, 0.3) is 0 Å². The lowest BCUT2D eigenvalue weighted by Crippen LogP contribution is -2.50. The van der Waals surface area contributed by atoms with E-state index in [1.807, 2.05) is 16.7 Å². The molecular weight excluding hydrogens is 390 g/mol. The van der Waals surface area contributed by atoms with E-state index in [1.54, 1.807) is 14.2 Å². The van der Waals surface area contributed by atoms with Crippen LogP contribution in [0.5, 0.6) is 5.75 Å². The number of anilines is 1. The minimum Gasteiger partial charge on any atom is -0.495 e. The first-order chi connectivity index (χ1) is 15.1. The molecule has 0 spiro atoms. The summed E-state index contributed by atoms with van der Waals surface area (Å²) in [6, 6.07) is 8.60. The van der Waals surface area contributed by atoms with Gasteiger partial charge in [0.25, 0.3) is 0 Å². The predicted molar refractivity (Wildman–Crippen MR) is 124 cm³/mol. The average molecular weight is 428 g/mol. The van der Waals surface area contributed by atoms with Crippen molar-refractivity contribution in [2.24, 2.45) is 13.0 Å². The first kappa shape index (κ1) is 21.9. The second-order valence-corrected chi connectivity index (χ2v) is 9.19. The van der Waals surface area contributed by atoms with Gasteiger partial charge in [-0.3, -0.25) is 9.47 Å². The van der Waals surface area contributed by atoms with Crippen molar-refractivity contribution < 1.29 is 4.74 Å². The maximum absolute atomic E-state index is 12.7. The summed E-state index contributed by atoms with van der Waals surface area (Å²) in [5, 5.41) is 4.61. The van der Waals surface area contributed by atoms with Gasteiger partial charge in [-0.25, -0.2) is 9.48 Å². The lowest BCUT2D eigenvalue weighted by Gasteiger charge is -2.39. The van der Waals surface area contributed by atoms with Crippen LogP contribution in [0, 0.1) is 5.92 Å². The fraction of sp³-hybridized carbons (Fsp3) is 0.667. The maximum Gasteiger partial charge on any atom is 0.345 e. The lowest BCUT2D eigenvalue weighted by atomic mass is 9.89. The largest absolute Gasteiger partial charge is 0.495 e. The van der Waals surface area contributed by atoms with Crippen molar-refractivity contribution in [2.45, 2.75) is 58.0 Å². The molecule has 1 saturated carbocycles. The molecule has 2 aliphatic rings. The van der Waals surface area contributed by atoms with Gasteiger partial charge >= 0.3 is 5.69 Å². The predicted octanol–water partition coefficient (Wildman–Crippen LogP) is 2.92. The Bertz CT molecular complexity index is 907. The van der Waals surface area contributed by atoms with Gasteiger partial charge in [0, 0.05) is 52.2 Å². The average Bonchev–Trinajstić information content (AvgIpc) is 3.07. The fourth-order valence-electron chi connectivity index (χ4n) is 5.21. The first-order valence-corrected chi connectivity index (χ1v) is 11.8. The maximum atomic E-state index is 12.7. The van der Waals surface area contributed by atoms with E-state index in [-0.39, 0.29) is 5.69 Å². The van der Waals surface area contributed by atoms with Crippen LogP contribution in [0.3, 0.4) is 0 Å². The summed E-state index contributed by atoms with van der Waals surface area (Å²) in [6.45, 7) is 7.04. The van der Waals surface area contributed by atoms with Gasteiger partial charge in [-0.2, -0.15) is 5.10 Å². The molecule has 0 bridgehead atoms. The Morgan fingerprint density at radius 1 is 1.10 bits per heavy atom. The number of rotatable bonds is 7. The van der Waals surface area contributed by atoms with Crippen LogP contribution in [0.4, 0.5) is 5.69 Å². The van der Waals surface area contributed by atoms with Crippen molar-refractivity contribution in [2.75, 3.05) is 38.2 Å². The highest BCUT2D eigenvalue weighted by atomic mass is 16.5. The molecule has 0 amide bonds. The summed E-state index contributed by atoms with van der Waals surface area (Å²) < 4.78 is 9.02. The van der Waals surface area contributed by atoms with Crippen LogP contribution in [-0.4, -0.2) is 58.6 Å². The Kier molecular flexibility index (Phi) is 7.00. The molecule has 1 aromatic carbocycles. The highest BCUT2D eigenvalue weighted by molar-refractivity contribution is 5.58. The molecule has 1 unspecified atom stereocenters. The molecule has 1 aliphatic carbocycles. The molecule has 2 aromatic rings. The van der Waals surface area contributed by atoms with E-state index in [0.717, 1.165) is 50.7 Å². The second kappa shape index (κ2) is 9.90. The van der Waals surface area contributed by atoms with Crippen molar-refractivity contribution in [3.8, 4) is 5.75 Å².